The van der Waals surface area contributed by atoms with Gasteiger partial charge in [0.25, 0.3) is 0 Å². The highest BCUT2D eigenvalue weighted by Gasteiger charge is 1.96. The third kappa shape index (κ3) is 2.24. The molecule has 0 spiro atoms. The van der Waals surface area contributed by atoms with Crippen molar-refractivity contribution in [3.8, 4) is 6.07 Å². The Kier molecular flexibility index (Phi) is 2.94. The number of nitrogens with zero attached hydrogens (tertiary/aromatic N) is 3. The van der Waals surface area contributed by atoms with E-state index >= 15 is 0 Å². The maximum Gasteiger partial charge on any atom is 0.202 e. The molecule has 0 amide bonds. The summed E-state index contributed by atoms with van der Waals surface area (Å²) in [5.74, 6) is 0. The van der Waals surface area contributed by atoms with Gasteiger partial charge in [-0.25, -0.2) is 4.98 Å². The second kappa shape index (κ2) is 3.99. The monoisotopic (exact) mass is 169 g/mol. The molecule has 1 aromatic rings. The van der Waals surface area contributed by atoms with E-state index in [0.29, 0.717) is 11.7 Å². The van der Waals surface area contributed by atoms with Crippen LogP contribution in [0.4, 0.5) is 0 Å². The zero-order valence-electron chi connectivity index (χ0n) is 6.00. The van der Waals surface area contributed by atoms with Gasteiger partial charge in [-0.1, -0.05) is 0 Å². The Labute approximate surface area is 70.2 Å². The van der Waals surface area contributed by atoms with Crippen molar-refractivity contribution in [3.05, 3.63) is 17.7 Å². The number of nitriles is 1. The van der Waals surface area contributed by atoms with Gasteiger partial charge in [-0.3, -0.25) is 0 Å². The van der Waals surface area contributed by atoms with Crippen LogP contribution in [-0.4, -0.2) is 9.55 Å². The van der Waals surface area contributed by atoms with Crippen LogP contribution < -0.4 is 0 Å². The highest BCUT2D eigenvalue weighted by molar-refractivity contribution is 6.28. The van der Waals surface area contributed by atoms with Gasteiger partial charge >= 0.3 is 0 Å². The fourth-order valence-corrected chi connectivity index (χ4v) is 1.00. The standard InChI is InChI=1S/C7H8ClN3/c8-7-10-4-6-11(7)5-2-1-3-9/h4,6H,1-2,5H2. The zero-order chi connectivity index (χ0) is 8.10. The Morgan fingerprint density at radius 1 is 1.73 bits per heavy atom. The van der Waals surface area contributed by atoms with E-state index in [1.165, 1.54) is 0 Å². The predicted octanol–water partition coefficient (Wildman–Crippen LogP) is 1.84. The third-order valence-corrected chi connectivity index (χ3v) is 1.67. The van der Waals surface area contributed by atoms with Gasteiger partial charge < -0.3 is 4.57 Å². The van der Waals surface area contributed by atoms with Crippen molar-refractivity contribution >= 4 is 11.6 Å². The molecule has 0 unspecified atom stereocenters. The first kappa shape index (κ1) is 8.09. The lowest BCUT2D eigenvalue weighted by molar-refractivity contribution is 0.653. The SMILES string of the molecule is N#CCCCn1ccnc1Cl. The number of hydrogen-bond donors (Lipinski definition) is 0. The van der Waals surface area contributed by atoms with Gasteiger partial charge in [0.2, 0.25) is 5.28 Å². The molecule has 0 saturated heterocycles. The van der Waals surface area contributed by atoms with Gasteiger partial charge in [-0.15, -0.1) is 0 Å². The first-order chi connectivity index (χ1) is 5.34. The highest BCUT2D eigenvalue weighted by atomic mass is 35.5. The Morgan fingerprint density at radius 3 is 3.09 bits per heavy atom. The molecule has 0 aromatic carbocycles. The van der Waals surface area contributed by atoms with Crippen molar-refractivity contribution in [2.75, 3.05) is 0 Å². The maximum absolute atomic E-state index is 8.26. The van der Waals surface area contributed by atoms with Crippen LogP contribution in [0.3, 0.4) is 0 Å². The first-order valence-corrected chi connectivity index (χ1v) is 3.76. The molecule has 0 aliphatic carbocycles. The van der Waals surface area contributed by atoms with E-state index < -0.39 is 0 Å². The van der Waals surface area contributed by atoms with Crippen LogP contribution in [0.1, 0.15) is 12.8 Å². The molecule has 0 aliphatic rings. The van der Waals surface area contributed by atoms with Gasteiger partial charge in [0.15, 0.2) is 0 Å². The van der Waals surface area contributed by atoms with E-state index in [4.69, 9.17) is 16.9 Å². The molecule has 0 N–H and O–H groups in total. The van der Waals surface area contributed by atoms with Crippen molar-refractivity contribution in [1.82, 2.24) is 9.55 Å². The zero-order valence-corrected chi connectivity index (χ0v) is 6.75. The normalized spacial score (nSPS) is 9.45. The summed E-state index contributed by atoms with van der Waals surface area (Å²) in [6, 6.07) is 2.07. The average molecular weight is 170 g/mol. The van der Waals surface area contributed by atoms with E-state index in [1.54, 1.807) is 12.4 Å². The van der Waals surface area contributed by atoms with Crippen molar-refractivity contribution in [2.45, 2.75) is 19.4 Å². The molecular weight excluding hydrogens is 162 g/mol. The van der Waals surface area contributed by atoms with Crippen molar-refractivity contribution in [3.63, 3.8) is 0 Å². The lowest BCUT2D eigenvalue weighted by atomic mass is 10.3. The summed E-state index contributed by atoms with van der Waals surface area (Å²) in [4.78, 5) is 3.84. The van der Waals surface area contributed by atoms with E-state index in [1.807, 2.05) is 4.57 Å². The fourth-order valence-electron chi connectivity index (χ4n) is 0.806. The van der Waals surface area contributed by atoms with Crippen LogP contribution in [0.15, 0.2) is 12.4 Å². The van der Waals surface area contributed by atoms with Crippen molar-refractivity contribution < 1.29 is 0 Å². The van der Waals surface area contributed by atoms with Crippen LogP contribution in [0.5, 0.6) is 0 Å². The Balaban J connectivity index is 2.40. The summed E-state index contributed by atoms with van der Waals surface area (Å²) in [6.45, 7) is 0.770. The topological polar surface area (TPSA) is 41.6 Å². The molecule has 58 valence electrons. The Hall–Kier alpha value is -1.01. The number of unbranched alkanes of at least 4 members (excludes halogenated alkanes) is 1. The minimum absolute atomic E-state index is 0.489. The number of aryl methyl sites for hydroxylation is 1. The highest BCUT2D eigenvalue weighted by Crippen LogP contribution is 2.05. The lowest BCUT2D eigenvalue weighted by Gasteiger charge is -1.98. The number of imidazole rings is 1. The minimum Gasteiger partial charge on any atom is -0.322 e. The Morgan fingerprint density at radius 2 is 2.55 bits per heavy atom. The average Bonchev–Trinajstić information content (AvgIpc) is 2.37. The van der Waals surface area contributed by atoms with E-state index in [-0.39, 0.29) is 0 Å². The molecule has 0 bridgehead atoms. The van der Waals surface area contributed by atoms with Crippen LogP contribution in [0.25, 0.3) is 0 Å². The second-order valence-corrected chi connectivity index (χ2v) is 2.49. The summed E-state index contributed by atoms with van der Waals surface area (Å²) in [6.07, 6.45) is 4.84. The van der Waals surface area contributed by atoms with Gasteiger partial charge in [0.05, 0.1) is 6.07 Å². The number of rotatable bonds is 3. The Bertz CT molecular complexity index is 261. The summed E-state index contributed by atoms with van der Waals surface area (Å²) >= 11 is 5.69. The van der Waals surface area contributed by atoms with Gasteiger partial charge in [0, 0.05) is 25.4 Å². The van der Waals surface area contributed by atoms with Crippen LogP contribution in [0, 0.1) is 11.3 Å². The molecule has 0 atom stereocenters. The second-order valence-electron chi connectivity index (χ2n) is 2.15. The molecule has 1 heterocycles. The number of hydrogen-bond acceptors (Lipinski definition) is 2. The van der Waals surface area contributed by atoms with Crippen LogP contribution in [0.2, 0.25) is 5.28 Å². The number of halogens is 1. The molecule has 11 heavy (non-hydrogen) atoms. The summed E-state index contributed by atoms with van der Waals surface area (Å²) < 4.78 is 1.82. The molecule has 1 rings (SSSR count). The van der Waals surface area contributed by atoms with Crippen molar-refractivity contribution in [2.24, 2.45) is 0 Å². The van der Waals surface area contributed by atoms with Crippen LogP contribution in [-0.2, 0) is 6.54 Å². The van der Waals surface area contributed by atoms with Crippen molar-refractivity contribution in [1.29, 1.82) is 5.26 Å². The predicted molar refractivity (Wildman–Crippen MR) is 42.1 cm³/mol. The quantitative estimate of drug-likeness (QED) is 0.648. The van der Waals surface area contributed by atoms with Gasteiger partial charge in [-0.05, 0) is 18.0 Å². The summed E-state index contributed by atoms with van der Waals surface area (Å²) in [5, 5.41) is 8.75. The van der Waals surface area contributed by atoms with E-state index in [0.717, 1.165) is 13.0 Å². The van der Waals surface area contributed by atoms with E-state index in [2.05, 4.69) is 11.1 Å². The number of aromatic nitrogens is 2. The molecule has 1 aromatic heterocycles. The third-order valence-electron chi connectivity index (χ3n) is 1.35. The molecule has 0 saturated carbocycles. The molecule has 0 fully saturated rings. The summed E-state index contributed by atoms with van der Waals surface area (Å²) in [5.41, 5.74) is 0. The molecule has 4 heteroatoms. The first-order valence-electron chi connectivity index (χ1n) is 3.38. The minimum atomic E-state index is 0.489. The van der Waals surface area contributed by atoms with E-state index in [9.17, 15) is 0 Å². The molecular formula is C7H8ClN3. The van der Waals surface area contributed by atoms with Gasteiger partial charge in [0.1, 0.15) is 0 Å². The van der Waals surface area contributed by atoms with Crippen LogP contribution >= 0.6 is 11.6 Å². The fraction of sp³-hybridized carbons (Fsp3) is 0.429. The molecule has 3 nitrogen and oxygen atoms in total. The maximum atomic E-state index is 8.26. The lowest BCUT2D eigenvalue weighted by Crippen LogP contribution is -1.95. The molecule has 0 aliphatic heterocycles. The largest absolute Gasteiger partial charge is 0.322 e. The molecule has 0 radical (unpaired) electrons. The van der Waals surface area contributed by atoms with Gasteiger partial charge in [-0.2, -0.15) is 5.26 Å². The summed E-state index contributed by atoms with van der Waals surface area (Å²) in [7, 11) is 0. The smallest absolute Gasteiger partial charge is 0.202 e.